The molecule has 9 heteroatoms. The second-order valence-electron chi connectivity index (χ2n) is 6.05. The molecular formula is C19H26N3O5P. The second-order valence-corrected chi connectivity index (χ2v) is 7.99. The highest BCUT2D eigenvalue weighted by molar-refractivity contribution is 7.58. The molecule has 1 heterocycles. The third-order valence-corrected chi connectivity index (χ3v) is 5.88. The molecule has 1 aromatic carbocycles. The Morgan fingerprint density at radius 1 is 1.32 bits per heavy atom. The summed E-state index contributed by atoms with van der Waals surface area (Å²) >= 11 is 0. The monoisotopic (exact) mass is 407 g/mol. The number of aromatic hydroxyl groups is 1. The maximum atomic E-state index is 13.6. The number of benzene rings is 1. The van der Waals surface area contributed by atoms with Crippen molar-refractivity contribution in [2.45, 2.75) is 40.5 Å². The van der Waals surface area contributed by atoms with Crippen molar-refractivity contribution in [1.29, 1.82) is 0 Å². The van der Waals surface area contributed by atoms with Gasteiger partial charge in [-0.2, -0.15) is 4.62 Å². The Labute approximate surface area is 165 Å². The summed E-state index contributed by atoms with van der Waals surface area (Å²) in [7, 11) is -2.35. The molecule has 0 saturated heterocycles. The number of aryl methyl sites for hydroxylation is 2. The third kappa shape index (κ3) is 5.24. The molecule has 28 heavy (non-hydrogen) atoms. The van der Waals surface area contributed by atoms with Gasteiger partial charge in [-0.15, -0.1) is 0 Å². The summed E-state index contributed by atoms with van der Waals surface area (Å²) in [6, 6.07) is 4.76. The van der Waals surface area contributed by atoms with E-state index in [1.165, 1.54) is 13.2 Å². The van der Waals surface area contributed by atoms with E-state index in [1.807, 2.05) is 26.8 Å². The van der Waals surface area contributed by atoms with E-state index in [-0.39, 0.29) is 23.2 Å². The van der Waals surface area contributed by atoms with Gasteiger partial charge in [0.25, 0.3) is 0 Å². The van der Waals surface area contributed by atoms with Gasteiger partial charge in [0.2, 0.25) is 5.95 Å². The average molecular weight is 407 g/mol. The zero-order valence-electron chi connectivity index (χ0n) is 16.7. The Kier molecular flexibility index (Phi) is 7.43. The Hall–Kier alpha value is -2.57. The number of hydrogen-bond donors (Lipinski definition) is 2. The van der Waals surface area contributed by atoms with E-state index < -0.39 is 7.60 Å². The van der Waals surface area contributed by atoms with Crippen LogP contribution in [-0.2, 0) is 9.19 Å². The minimum atomic E-state index is -3.78. The van der Waals surface area contributed by atoms with E-state index in [4.69, 9.17) is 13.9 Å². The minimum absolute atomic E-state index is 0.00305. The van der Waals surface area contributed by atoms with Crippen LogP contribution in [0.2, 0.25) is 0 Å². The van der Waals surface area contributed by atoms with Crippen LogP contribution in [0.25, 0.3) is 0 Å². The van der Waals surface area contributed by atoms with Crippen LogP contribution in [0.3, 0.4) is 0 Å². The van der Waals surface area contributed by atoms with Gasteiger partial charge in [-0.1, -0.05) is 19.9 Å². The molecular weight excluding hydrogens is 381 g/mol. The summed E-state index contributed by atoms with van der Waals surface area (Å²) in [5, 5.41) is 10.5. The lowest BCUT2D eigenvalue weighted by atomic mass is 10.2. The first-order valence-electron chi connectivity index (χ1n) is 8.94. The third-order valence-electron chi connectivity index (χ3n) is 3.89. The lowest BCUT2D eigenvalue weighted by molar-refractivity contribution is 0.319. The number of nitrogens with zero attached hydrogens (tertiary/aromatic N) is 2. The van der Waals surface area contributed by atoms with Gasteiger partial charge in [0.15, 0.2) is 11.5 Å². The van der Waals surface area contributed by atoms with Crippen LogP contribution in [-0.4, -0.2) is 22.2 Å². The molecule has 0 aliphatic carbocycles. The van der Waals surface area contributed by atoms with Crippen molar-refractivity contribution in [2.24, 2.45) is 0 Å². The molecule has 0 spiro atoms. The maximum Gasteiger partial charge on any atom is 0.427 e. The zero-order valence-corrected chi connectivity index (χ0v) is 17.6. The molecule has 152 valence electrons. The highest BCUT2D eigenvalue weighted by atomic mass is 31.2. The molecule has 0 radical (unpaired) electrons. The zero-order chi connectivity index (χ0) is 20.7. The number of anilines is 1. The number of ether oxygens (including phenoxy) is 1. The summed E-state index contributed by atoms with van der Waals surface area (Å²) in [6.45, 7) is 7.30. The maximum absolute atomic E-state index is 13.6. The lowest BCUT2D eigenvalue weighted by Crippen LogP contribution is -2.09. The van der Waals surface area contributed by atoms with Crippen LogP contribution in [0.1, 0.15) is 37.9 Å². The van der Waals surface area contributed by atoms with Crippen LogP contribution in [0.4, 0.5) is 5.95 Å². The van der Waals surface area contributed by atoms with E-state index in [1.54, 1.807) is 25.3 Å². The summed E-state index contributed by atoms with van der Waals surface area (Å²) in [4.78, 5) is 8.21. The van der Waals surface area contributed by atoms with Crippen LogP contribution in [0.15, 0.2) is 35.8 Å². The topological polar surface area (TPSA) is 103 Å². The number of nitrogens with one attached hydrogen (secondary N) is 1. The molecule has 0 fully saturated rings. The van der Waals surface area contributed by atoms with Gasteiger partial charge in [0, 0.05) is 18.0 Å². The van der Waals surface area contributed by atoms with Crippen molar-refractivity contribution in [3.63, 3.8) is 0 Å². The number of phenols is 1. The molecule has 2 rings (SSSR count). The van der Waals surface area contributed by atoms with Crippen molar-refractivity contribution >= 4 is 13.5 Å². The van der Waals surface area contributed by atoms with Crippen molar-refractivity contribution in [2.75, 3.05) is 12.6 Å². The van der Waals surface area contributed by atoms with Gasteiger partial charge in [0.1, 0.15) is 5.75 Å². The molecule has 0 bridgehead atoms. The van der Waals surface area contributed by atoms with Crippen LogP contribution < -0.4 is 14.7 Å². The second kappa shape index (κ2) is 9.57. The fourth-order valence-corrected chi connectivity index (χ4v) is 4.13. The normalized spacial score (nSPS) is 13.7. The standard InChI is InChI=1S/C19H26N3O5P/c1-6-8-16(7-2)28(24,27-22-19-20-10-9-14(4)21-19)26-15-11-13(3)18(23)17(12-15)25-5/h8-12,23H,6-7H2,1-5H3,(H,20,21,22)/b16-8+. The van der Waals surface area contributed by atoms with E-state index in [2.05, 4.69) is 15.4 Å². The Bertz CT molecular complexity index is 901. The molecule has 0 saturated carbocycles. The molecule has 8 nitrogen and oxygen atoms in total. The first kappa shape index (κ1) is 21.7. The Morgan fingerprint density at radius 2 is 2.07 bits per heavy atom. The van der Waals surface area contributed by atoms with E-state index in [0.717, 1.165) is 5.69 Å². The van der Waals surface area contributed by atoms with Crippen LogP contribution >= 0.6 is 7.60 Å². The van der Waals surface area contributed by atoms with Crippen molar-refractivity contribution < 1.29 is 23.6 Å². The summed E-state index contributed by atoms with van der Waals surface area (Å²) in [6.07, 6.45) is 4.51. The molecule has 1 aromatic heterocycles. The number of allylic oxidation sites excluding steroid dienone is 2. The molecule has 0 aliphatic rings. The highest BCUT2D eigenvalue weighted by Crippen LogP contribution is 2.57. The lowest BCUT2D eigenvalue weighted by Gasteiger charge is -2.22. The molecule has 2 aromatic rings. The number of rotatable bonds is 9. The van der Waals surface area contributed by atoms with Crippen LogP contribution in [0.5, 0.6) is 17.2 Å². The molecule has 0 aliphatic heterocycles. The quantitative estimate of drug-likeness (QED) is 0.436. The molecule has 1 unspecified atom stereocenters. The fraction of sp³-hybridized carbons (Fsp3) is 0.368. The summed E-state index contributed by atoms with van der Waals surface area (Å²) in [5.41, 5.74) is 3.80. The SMILES string of the molecule is CC/C=C(\CC)P(=O)(ONc1nccc(C)n1)Oc1cc(C)c(O)c(OC)c1. The van der Waals surface area contributed by atoms with E-state index >= 15 is 0 Å². The van der Waals surface area contributed by atoms with Crippen molar-refractivity contribution in [3.8, 4) is 17.2 Å². The number of aromatic nitrogens is 2. The Balaban J connectivity index is 2.37. The van der Waals surface area contributed by atoms with Crippen molar-refractivity contribution in [1.82, 2.24) is 9.97 Å². The van der Waals surface area contributed by atoms with Gasteiger partial charge in [-0.05, 0) is 44.4 Å². The highest BCUT2D eigenvalue weighted by Gasteiger charge is 2.32. The fourth-order valence-electron chi connectivity index (χ4n) is 2.48. The van der Waals surface area contributed by atoms with E-state index in [9.17, 15) is 9.67 Å². The predicted octanol–water partition coefficient (Wildman–Crippen LogP) is 5.13. The number of methoxy groups -OCH3 is 1. The van der Waals surface area contributed by atoms with Crippen molar-refractivity contribution in [3.05, 3.63) is 47.0 Å². The largest absolute Gasteiger partial charge is 0.504 e. The van der Waals surface area contributed by atoms with Gasteiger partial charge in [0.05, 0.1) is 12.4 Å². The van der Waals surface area contributed by atoms with Gasteiger partial charge in [-0.3, -0.25) is 0 Å². The van der Waals surface area contributed by atoms with Gasteiger partial charge < -0.3 is 14.4 Å². The number of phenolic OH excluding ortho intramolecular Hbond substituents is 1. The van der Waals surface area contributed by atoms with Gasteiger partial charge >= 0.3 is 7.60 Å². The molecule has 1 atom stereocenters. The first-order chi connectivity index (χ1) is 13.3. The number of hydrogen-bond acceptors (Lipinski definition) is 8. The predicted molar refractivity (Wildman–Crippen MR) is 108 cm³/mol. The minimum Gasteiger partial charge on any atom is -0.504 e. The summed E-state index contributed by atoms with van der Waals surface area (Å²) < 4.78 is 30.1. The van der Waals surface area contributed by atoms with Gasteiger partial charge in [-0.25, -0.2) is 20.0 Å². The molecule has 0 amide bonds. The average Bonchev–Trinajstić information content (AvgIpc) is 2.67. The van der Waals surface area contributed by atoms with E-state index in [0.29, 0.717) is 23.7 Å². The first-order valence-corrected chi connectivity index (χ1v) is 10.5. The Morgan fingerprint density at radius 3 is 2.68 bits per heavy atom. The summed E-state index contributed by atoms with van der Waals surface area (Å²) in [5.74, 6) is 0.638. The van der Waals surface area contributed by atoms with Crippen LogP contribution in [0, 0.1) is 13.8 Å². The molecule has 2 N–H and O–H groups in total. The smallest absolute Gasteiger partial charge is 0.427 e.